The fraction of sp³-hybridized carbons (Fsp3) is 0.714. The van der Waals surface area contributed by atoms with E-state index < -0.39 is 6.11 Å². The Bertz CT molecular complexity index is 490. The topological polar surface area (TPSA) is 38.3 Å². The Morgan fingerprint density at radius 1 is 1.38 bits per heavy atom. The Balaban J connectivity index is 2.04. The average molecular weight is 317 g/mol. The Morgan fingerprint density at radius 2 is 2.19 bits per heavy atom. The molecule has 2 rings (SSSR count). The first-order valence-corrected chi connectivity index (χ1v) is 8.02. The number of hydrogen-bond acceptors (Lipinski definition) is 5. The molecule has 7 heteroatoms. The van der Waals surface area contributed by atoms with E-state index in [1.165, 1.54) is 0 Å². The van der Waals surface area contributed by atoms with Crippen molar-refractivity contribution in [2.45, 2.75) is 45.1 Å². The smallest absolute Gasteiger partial charge is 0.399 e. The average Bonchev–Trinajstić information content (AvgIpc) is 2.86. The van der Waals surface area contributed by atoms with E-state index in [0.717, 1.165) is 43.1 Å². The summed E-state index contributed by atoms with van der Waals surface area (Å²) in [5.74, 6) is -0.0388. The first-order chi connectivity index (χ1) is 10.0. The first-order valence-electron chi connectivity index (χ1n) is 7.29. The molecule has 0 N–H and O–H groups in total. The van der Waals surface area contributed by atoms with Crippen molar-refractivity contribution in [3.63, 3.8) is 0 Å². The van der Waals surface area contributed by atoms with Crippen LogP contribution in [0.3, 0.4) is 0 Å². The molecule has 0 radical (unpaired) electrons. The maximum absolute atomic E-state index is 13.8. The number of alkyl halides is 2. The van der Waals surface area contributed by atoms with Crippen LogP contribution in [-0.2, 0) is 0 Å². The second-order valence-electron chi connectivity index (χ2n) is 5.37. The Morgan fingerprint density at radius 3 is 2.90 bits per heavy atom. The number of likely N-dealkylation sites (N-methyl/N-ethyl adjacent to an activating group) is 1. The maximum atomic E-state index is 13.8. The lowest BCUT2D eigenvalue weighted by Crippen LogP contribution is -2.27. The number of aromatic nitrogens is 2. The number of unbranched alkanes of at least 4 members (excludes halogenated alkanes) is 2. The van der Waals surface area contributed by atoms with Crippen molar-refractivity contribution in [3.05, 3.63) is 11.8 Å². The summed E-state index contributed by atoms with van der Waals surface area (Å²) >= 11 is 0.912. The van der Waals surface area contributed by atoms with Crippen molar-refractivity contribution in [2.24, 2.45) is 0 Å². The van der Waals surface area contributed by atoms with E-state index in [1.807, 2.05) is 20.0 Å². The largest absolute Gasteiger partial charge is 0.411 e. The van der Waals surface area contributed by atoms with Crippen molar-refractivity contribution in [3.8, 4) is 5.88 Å². The molecule has 4 nitrogen and oxygen atoms in total. The van der Waals surface area contributed by atoms with Crippen molar-refractivity contribution < 1.29 is 13.5 Å². The molecular formula is C14H21F2N3OS. The summed E-state index contributed by atoms with van der Waals surface area (Å²) in [6.45, 7) is 3.63. The molecule has 1 aromatic heterocycles. The van der Waals surface area contributed by atoms with Crippen molar-refractivity contribution >= 4 is 17.3 Å². The summed E-state index contributed by atoms with van der Waals surface area (Å²) in [5.41, 5.74) is 1.37. The van der Waals surface area contributed by atoms with E-state index in [1.54, 1.807) is 0 Å². The number of ether oxygens (including phenoxy) is 1. The fourth-order valence-electron chi connectivity index (χ4n) is 2.28. The molecule has 1 aromatic rings. The molecular weight excluding hydrogens is 296 g/mol. The Kier molecular flexibility index (Phi) is 5.64. The van der Waals surface area contributed by atoms with E-state index >= 15 is 0 Å². The quantitative estimate of drug-likeness (QED) is 0.717. The van der Waals surface area contributed by atoms with Gasteiger partial charge in [-0.3, -0.25) is 0 Å². The molecule has 0 spiro atoms. The van der Waals surface area contributed by atoms with Gasteiger partial charge < -0.3 is 9.64 Å². The molecule has 0 saturated heterocycles. The van der Waals surface area contributed by atoms with Gasteiger partial charge in [-0.05, 0) is 25.5 Å². The van der Waals surface area contributed by atoms with Crippen LogP contribution in [0.2, 0.25) is 0 Å². The van der Waals surface area contributed by atoms with Gasteiger partial charge in [-0.1, -0.05) is 25.8 Å². The Labute approximate surface area is 128 Å². The zero-order valence-corrected chi connectivity index (χ0v) is 13.3. The summed E-state index contributed by atoms with van der Waals surface area (Å²) < 4.78 is 40.5. The molecule has 1 aliphatic heterocycles. The van der Waals surface area contributed by atoms with Gasteiger partial charge in [0.05, 0.1) is 18.1 Å². The van der Waals surface area contributed by atoms with E-state index in [0.29, 0.717) is 18.7 Å². The minimum atomic E-state index is -3.18. The highest BCUT2D eigenvalue weighted by atomic mass is 32.1. The van der Waals surface area contributed by atoms with E-state index in [4.69, 9.17) is 4.74 Å². The number of nitrogens with zero attached hydrogens (tertiary/aromatic N) is 3. The molecule has 0 bridgehead atoms. The van der Waals surface area contributed by atoms with Gasteiger partial charge >= 0.3 is 6.11 Å². The lowest BCUT2D eigenvalue weighted by molar-refractivity contribution is -0.183. The third-order valence-corrected chi connectivity index (χ3v) is 3.93. The molecule has 0 aromatic carbocycles. The molecule has 0 saturated carbocycles. The Hall–Kier alpha value is -1.08. The highest BCUT2D eigenvalue weighted by Crippen LogP contribution is 2.32. The third-order valence-electron chi connectivity index (χ3n) is 3.42. The SMILES string of the molecule is CCCCCC(F)(F)Oc1nsnc1C1=CCCN(C)C1. The summed E-state index contributed by atoms with van der Waals surface area (Å²) in [6, 6.07) is 0. The van der Waals surface area contributed by atoms with Gasteiger partial charge in [0.2, 0.25) is 0 Å². The fourth-order valence-corrected chi connectivity index (χ4v) is 2.80. The second kappa shape index (κ2) is 7.26. The van der Waals surface area contributed by atoms with Gasteiger partial charge in [0.25, 0.3) is 5.88 Å². The van der Waals surface area contributed by atoms with Crippen LogP contribution in [0.15, 0.2) is 6.08 Å². The molecule has 21 heavy (non-hydrogen) atoms. The van der Waals surface area contributed by atoms with Crippen LogP contribution >= 0.6 is 11.7 Å². The van der Waals surface area contributed by atoms with Crippen LogP contribution < -0.4 is 4.74 Å². The summed E-state index contributed by atoms with van der Waals surface area (Å²) in [7, 11) is 1.99. The summed E-state index contributed by atoms with van der Waals surface area (Å²) in [5, 5.41) is 0. The lowest BCUT2D eigenvalue weighted by Gasteiger charge is -2.23. The van der Waals surface area contributed by atoms with Crippen LogP contribution in [0.4, 0.5) is 8.78 Å². The van der Waals surface area contributed by atoms with E-state index in [2.05, 4.69) is 13.6 Å². The number of hydrogen-bond donors (Lipinski definition) is 0. The maximum Gasteiger partial charge on any atom is 0.399 e. The zero-order chi connectivity index (χ0) is 15.3. The van der Waals surface area contributed by atoms with Crippen LogP contribution in [0.25, 0.3) is 5.57 Å². The molecule has 0 unspecified atom stereocenters. The predicted molar refractivity (Wildman–Crippen MR) is 79.7 cm³/mol. The summed E-state index contributed by atoms with van der Waals surface area (Å²) in [6.07, 6.45) is 1.57. The van der Waals surface area contributed by atoms with Crippen molar-refractivity contribution in [1.82, 2.24) is 13.6 Å². The van der Waals surface area contributed by atoms with Gasteiger partial charge in [-0.25, -0.2) is 0 Å². The standard InChI is InChI=1S/C14H21F2N3OS/c1-3-4-5-8-14(15,16)20-13-12(17-21-18-13)11-7-6-9-19(2)10-11/h7H,3-6,8-10H2,1-2H3. The van der Waals surface area contributed by atoms with Crippen LogP contribution in [0.5, 0.6) is 5.88 Å². The van der Waals surface area contributed by atoms with Gasteiger partial charge in [-0.15, -0.1) is 4.37 Å². The molecule has 2 heterocycles. The normalized spacial score (nSPS) is 16.9. The molecule has 0 amide bonds. The van der Waals surface area contributed by atoms with E-state index in [9.17, 15) is 8.78 Å². The highest BCUT2D eigenvalue weighted by molar-refractivity contribution is 6.99. The van der Waals surface area contributed by atoms with Crippen LogP contribution in [-0.4, -0.2) is 39.9 Å². The van der Waals surface area contributed by atoms with Gasteiger partial charge in [0, 0.05) is 13.1 Å². The highest BCUT2D eigenvalue weighted by Gasteiger charge is 2.33. The number of rotatable bonds is 7. The van der Waals surface area contributed by atoms with Crippen molar-refractivity contribution in [2.75, 3.05) is 20.1 Å². The third kappa shape index (κ3) is 4.71. The second-order valence-corrected chi connectivity index (χ2v) is 5.90. The summed E-state index contributed by atoms with van der Waals surface area (Å²) in [4.78, 5) is 2.12. The predicted octanol–water partition coefficient (Wildman–Crippen LogP) is 3.81. The lowest BCUT2D eigenvalue weighted by atomic mass is 10.1. The first kappa shape index (κ1) is 16.3. The van der Waals surface area contributed by atoms with Gasteiger partial charge in [-0.2, -0.15) is 13.2 Å². The molecule has 0 atom stereocenters. The molecule has 0 fully saturated rings. The monoisotopic (exact) mass is 317 g/mol. The van der Waals surface area contributed by atoms with Crippen molar-refractivity contribution in [1.29, 1.82) is 0 Å². The van der Waals surface area contributed by atoms with Gasteiger partial charge in [0.1, 0.15) is 5.69 Å². The minimum absolute atomic E-state index is 0.0388. The zero-order valence-electron chi connectivity index (χ0n) is 12.4. The number of halogens is 2. The molecule has 0 aliphatic carbocycles. The van der Waals surface area contributed by atoms with Gasteiger partial charge in [0.15, 0.2) is 0 Å². The van der Waals surface area contributed by atoms with E-state index in [-0.39, 0.29) is 12.3 Å². The van der Waals surface area contributed by atoms with Crippen LogP contribution in [0, 0.1) is 0 Å². The van der Waals surface area contributed by atoms with Crippen LogP contribution in [0.1, 0.15) is 44.7 Å². The minimum Gasteiger partial charge on any atom is -0.411 e. The molecule has 1 aliphatic rings. The molecule has 118 valence electrons.